The number of aromatic amines is 1. The summed E-state index contributed by atoms with van der Waals surface area (Å²) in [5.74, 6) is -0.121. The maximum Gasteiger partial charge on any atom is 0.183 e. The second-order valence-corrected chi connectivity index (χ2v) is 7.71. The van der Waals surface area contributed by atoms with E-state index in [0.717, 1.165) is 24.4 Å². The number of hydrogen-bond donors (Lipinski definition) is 4. The van der Waals surface area contributed by atoms with Crippen molar-refractivity contribution in [3.05, 3.63) is 35.5 Å². The molecule has 4 N–H and O–H groups in total. The van der Waals surface area contributed by atoms with E-state index in [1.54, 1.807) is 18.5 Å². The van der Waals surface area contributed by atoms with Crippen LogP contribution in [0.1, 0.15) is 32.1 Å². The molecule has 1 fully saturated rings. The van der Waals surface area contributed by atoms with Gasteiger partial charge in [-0.25, -0.2) is 19.3 Å². The zero-order valence-corrected chi connectivity index (χ0v) is 15.9. The molecular weight excluding hydrogens is 385 g/mol. The molecule has 1 aliphatic carbocycles. The Balaban J connectivity index is 1.61. The van der Waals surface area contributed by atoms with E-state index in [1.807, 2.05) is 0 Å². The van der Waals surface area contributed by atoms with Crippen molar-refractivity contribution in [1.29, 1.82) is 0 Å². The third kappa shape index (κ3) is 3.80. The Bertz CT molecular complexity index is 994. The molecule has 1 aliphatic rings. The third-order valence-corrected chi connectivity index (χ3v) is 5.43. The Kier molecular flexibility index (Phi) is 5.18. The van der Waals surface area contributed by atoms with Crippen LogP contribution in [-0.2, 0) is 0 Å². The largest absolute Gasteiger partial charge is 0.396 e. The maximum atomic E-state index is 14.4. The second kappa shape index (κ2) is 7.62. The number of halogens is 2. The van der Waals surface area contributed by atoms with Crippen molar-refractivity contribution in [2.24, 2.45) is 0 Å². The smallest absolute Gasteiger partial charge is 0.183 e. The molecule has 0 amide bonds. The summed E-state index contributed by atoms with van der Waals surface area (Å²) in [6.45, 7) is -0.0770. The number of rotatable bonds is 5. The van der Waals surface area contributed by atoms with E-state index in [4.69, 9.17) is 11.6 Å². The van der Waals surface area contributed by atoms with Crippen molar-refractivity contribution in [2.75, 3.05) is 11.9 Å². The molecule has 0 bridgehead atoms. The van der Waals surface area contributed by atoms with Crippen LogP contribution < -0.4 is 5.32 Å². The highest BCUT2D eigenvalue weighted by atomic mass is 35.5. The van der Waals surface area contributed by atoms with Crippen molar-refractivity contribution in [1.82, 2.24) is 19.9 Å². The Hall–Kier alpha value is -2.29. The number of aromatic nitrogens is 4. The van der Waals surface area contributed by atoms with E-state index in [0.29, 0.717) is 41.3 Å². The number of anilines is 1. The molecule has 7 nitrogen and oxygen atoms in total. The lowest BCUT2D eigenvalue weighted by molar-refractivity contribution is -0.0195. The molecule has 2 atom stereocenters. The van der Waals surface area contributed by atoms with Gasteiger partial charge in [-0.1, -0.05) is 11.6 Å². The van der Waals surface area contributed by atoms with Crippen LogP contribution in [0, 0.1) is 5.82 Å². The Morgan fingerprint density at radius 2 is 2.21 bits per heavy atom. The predicted octanol–water partition coefficient (Wildman–Crippen LogP) is 3.28. The topological polar surface area (TPSA) is 107 Å². The minimum atomic E-state index is -0.934. The molecule has 0 aromatic carbocycles. The molecule has 4 rings (SSSR count). The number of nitrogens with one attached hydrogen (secondary N) is 2. The standard InChI is InChI=1S/C19H21ClFN5O2/c20-11-6-13-14(9-23-16(13)22-8-11)17-24-10-15(21)18(26-17)25-12-2-1-3-19(28,7-12)4-5-27/h6,8-10,12,27-28H,1-5,7H2,(H,22,23)(H,24,25,26)/t12-,19-/m0/s1. The summed E-state index contributed by atoms with van der Waals surface area (Å²) in [5.41, 5.74) is 0.382. The van der Waals surface area contributed by atoms with E-state index >= 15 is 0 Å². The molecule has 0 aliphatic heterocycles. The molecular formula is C19H21ClFN5O2. The summed E-state index contributed by atoms with van der Waals surface area (Å²) in [7, 11) is 0. The van der Waals surface area contributed by atoms with Crippen molar-refractivity contribution in [3.8, 4) is 11.4 Å². The first-order chi connectivity index (χ1) is 13.5. The summed E-state index contributed by atoms with van der Waals surface area (Å²) in [5, 5.41) is 24.1. The number of aliphatic hydroxyl groups excluding tert-OH is 1. The van der Waals surface area contributed by atoms with Gasteiger partial charge >= 0.3 is 0 Å². The third-order valence-electron chi connectivity index (χ3n) is 5.22. The van der Waals surface area contributed by atoms with Gasteiger partial charge in [0, 0.05) is 36.0 Å². The van der Waals surface area contributed by atoms with E-state index in [9.17, 15) is 14.6 Å². The van der Waals surface area contributed by atoms with Crippen LogP contribution in [-0.4, -0.2) is 48.4 Å². The van der Waals surface area contributed by atoms with Gasteiger partial charge in [0.2, 0.25) is 0 Å². The average molecular weight is 406 g/mol. The average Bonchev–Trinajstić information content (AvgIpc) is 3.06. The number of aliphatic hydroxyl groups is 2. The van der Waals surface area contributed by atoms with Gasteiger partial charge in [0.05, 0.1) is 16.8 Å². The lowest BCUT2D eigenvalue weighted by Gasteiger charge is -2.37. The SMILES string of the molecule is OCC[C@@]1(O)CCC[C@H](Nc2nc(-c3c[nH]c4ncc(Cl)cc34)ncc2F)C1. The van der Waals surface area contributed by atoms with Crippen LogP contribution in [0.5, 0.6) is 0 Å². The Labute approximate surface area is 166 Å². The van der Waals surface area contributed by atoms with Crippen LogP contribution in [0.25, 0.3) is 22.4 Å². The van der Waals surface area contributed by atoms with Gasteiger partial charge in [-0.15, -0.1) is 0 Å². The molecule has 3 aromatic heterocycles. The van der Waals surface area contributed by atoms with E-state index in [-0.39, 0.29) is 18.5 Å². The highest BCUT2D eigenvalue weighted by molar-refractivity contribution is 6.31. The summed E-state index contributed by atoms with van der Waals surface area (Å²) < 4.78 is 14.4. The normalized spacial score (nSPS) is 22.5. The lowest BCUT2D eigenvalue weighted by atomic mass is 9.80. The zero-order chi connectivity index (χ0) is 19.7. The van der Waals surface area contributed by atoms with Crippen LogP contribution in [0.4, 0.5) is 10.2 Å². The van der Waals surface area contributed by atoms with E-state index in [2.05, 4.69) is 25.3 Å². The first-order valence-corrected chi connectivity index (χ1v) is 9.60. The monoisotopic (exact) mass is 405 g/mol. The molecule has 3 heterocycles. The molecule has 0 saturated heterocycles. The molecule has 0 radical (unpaired) electrons. The van der Waals surface area contributed by atoms with Crippen molar-refractivity contribution < 1.29 is 14.6 Å². The minimum Gasteiger partial charge on any atom is -0.396 e. The van der Waals surface area contributed by atoms with Crippen molar-refractivity contribution in [3.63, 3.8) is 0 Å². The van der Waals surface area contributed by atoms with E-state index < -0.39 is 11.4 Å². The fraction of sp³-hybridized carbons (Fsp3) is 0.421. The second-order valence-electron chi connectivity index (χ2n) is 7.28. The fourth-order valence-electron chi connectivity index (χ4n) is 3.85. The summed E-state index contributed by atoms with van der Waals surface area (Å²) in [6.07, 6.45) is 7.34. The van der Waals surface area contributed by atoms with E-state index in [1.165, 1.54) is 0 Å². The summed E-state index contributed by atoms with van der Waals surface area (Å²) in [4.78, 5) is 15.7. The van der Waals surface area contributed by atoms with Gasteiger partial charge in [-0.2, -0.15) is 0 Å². The fourth-order valence-corrected chi connectivity index (χ4v) is 4.01. The predicted molar refractivity (Wildman–Crippen MR) is 105 cm³/mol. The van der Waals surface area contributed by atoms with Gasteiger partial charge in [0.1, 0.15) is 5.65 Å². The van der Waals surface area contributed by atoms with Crippen LogP contribution in [0.2, 0.25) is 5.02 Å². The number of nitrogens with zero attached hydrogens (tertiary/aromatic N) is 3. The van der Waals surface area contributed by atoms with Crippen LogP contribution >= 0.6 is 11.6 Å². The first-order valence-electron chi connectivity index (χ1n) is 9.23. The first kappa shape index (κ1) is 19.0. The number of fused-ring (bicyclic) bond motifs is 1. The lowest BCUT2D eigenvalue weighted by Crippen LogP contribution is -2.41. The molecule has 0 unspecified atom stereocenters. The minimum absolute atomic E-state index is 0.0770. The van der Waals surface area contributed by atoms with Crippen LogP contribution in [0.3, 0.4) is 0 Å². The number of pyridine rings is 1. The molecule has 0 spiro atoms. The maximum absolute atomic E-state index is 14.4. The number of hydrogen-bond acceptors (Lipinski definition) is 6. The van der Waals surface area contributed by atoms with Gasteiger partial charge < -0.3 is 20.5 Å². The van der Waals surface area contributed by atoms with Gasteiger partial charge in [-0.3, -0.25) is 0 Å². The highest BCUT2D eigenvalue weighted by Gasteiger charge is 2.34. The summed E-state index contributed by atoms with van der Waals surface area (Å²) in [6, 6.07) is 1.62. The molecule has 1 saturated carbocycles. The highest BCUT2D eigenvalue weighted by Crippen LogP contribution is 2.33. The van der Waals surface area contributed by atoms with Crippen molar-refractivity contribution >= 4 is 28.5 Å². The Morgan fingerprint density at radius 3 is 3.04 bits per heavy atom. The van der Waals surface area contributed by atoms with Crippen LogP contribution in [0.15, 0.2) is 24.7 Å². The Morgan fingerprint density at radius 1 is 1.36 bits per heavy atom. The number of H-pyrrole nitrogens is 1. The van der Waals surface area contributed by atoms with Crippen molar-refractivity contribution in [2.45, 2.75) is 43.7 Å². The molecule has 3 aromatic rings. The molecule has 9 heteroatoms. The van der Waals surface area contributed by atoms with Gasteiger partial charge in [0.25, 0.3) is 0 Å². The molecule has 148 valence electrons. The van der Waals surface area contributed by atoms with Gasteiger partial charge in [0.15, 0.2) is 17.5 Å². The quantitative estimate of drug-likeness (QED) is 0.519. The van der Waals surface area contributed by atoms with Gasteiger partial charge in [-0.05, 0) is 38.2 Å². The summed E-state index contributed by atoms with van der Waals surface area (Å²) >= 11 is 6.04. The molecule has 28 heavy (non-hydrogen) atoms. The zero-order valence-electron chi connectivity index (χ0n) is 15.1.